The first-order valence-electron chi connectivity index (χ1n) is 8.03. The second kappa shape index (κ2) is 8.25. The van der Waals surface area contributed by atoms with Gasteiger partial charge in [-0.1, -0.05) is 11.8 Å². The number of amides is 1. The van der Waals surface area contributed by atoms with Crippen LogP contribution in [0.15, 0.2) is 29.7 Å². The van der Waals surface area contributed by atoms with E-state index in [0.717, 1.165) is 35.8 Å². The van der Waals surface area contributed by atoms with Gasteiger partial charge in [-0.25, -0.2) is 0 Å². The van der Waals surface area contributed by atoms with Crippen molar-refractivity contribution in [3.05, 3.63) is 24.5 Å². The molecule has 1 aliphatic carbocycles. The molecule has 1 amide bonds. The van der Waals surface area contributed by atoms with Crippen LogP contribution in [-0.2, 0) is 9.53 Å². The van der Waals surface area contributed by atoms with Crippen molar-refractivity contribution < 1.29 is 9.53 Å². The molecule has 0 spiro atoms. The zero-order valence-electron chi connectivity index (χ0n) is 13.6. The third kappa shape index (κ3) is 4.33. The molecule has 0 saturated heterocycles. The Kier molecular flexibility index (Phi) is 5.81. The second-order valence-electron chi connectivity index (χ2n) is 5.63. The van der Waals surface area contributed by atoms with E-state index in [9.17, 15) is 4.79 Å². The molecule has 0 aromatic carbocycles. The van der Waals surface area contributed by atoms with Crippen molar-refractivity contribution in [3.63, 3.8) is 0 Å². The molecule has 2 heterocycles. The quantitative estimate of drug-likeness (QED) is 0.551. The summed E-state index contributed by atoms with van der Waals surface area (Å²) in [6, 6.07) is 4.30. The lowest BCUT2D eigenvalue weighted by molar-refractivity contribution is -0.118. The first kappa shape index (κ1) is 16.9. The number of aromatic nitrogens is 4. The number of hydrogen-bond donors (Lipinski definition) is 1. The van der Waals surface area contributed by atoms with Crippen LogP contribution in [-0.4, -0.2) is 51.7 Å². The number of methoxy groups -OCH3 is 1. The van der Waals surface area contributed by atoms with Gasteiger partial charge in [-0.2, -0.15) is 0 Å². The van der Waals surface area contributed by atoms with Crippen molar-refractivity contribution in [3.8, 4) is 11.4 Å². The van der Waals surface area contributed by atoms with Crippen LogP contribution < -0.4 is 5.32 Å². The smallest absolute Gasteiger partial charge is 0.230 e. The molecule has 3 rings (SSSR count). The van der Waals surface area contributed by atoms with Gasteiger partial charge in [-0.15, -0.1) is 10.2 Å². The summed E-state index contributed by atoms with van der Waals surface area (Å²) in [7, 11) is 1.66. The topological polar surface area (TPSA) is 81.9 Å². The van der Waals surface area contributed by atoms with E-state index in [1.54, 1.807) is 19.5 Å². The summed E-state index contributed by atoms with van der Waals surface area (Å²) in [5.74, 6) is 1.20. The number of carbonyl (C=O) groups is 1. The van der Waals surface area contributed by atoms with Crippen LogP contribution in [0.2, 0.25) is 0 Å². The Morgan fingerprint density at radius 1 is 1.38 bits per heavy atom. The second-order valence-corrected chi connectivity index (χ2v) is 6.57. The van der Waals surface area contributed by atoms with Gasteiger partial charge in [0.15, 0.2) is 11.0 Å². The normalized spacial score (nSPS) is 13.9. The molecule has 0 unspecified atom stereocenters. The van der Waals surface area contributed by atoms with Crippen LogP contribution >= 0.6 is 11.8 Å². The molecule has 0 aliphatic heterocycles. The predicted molar refractivity (Wildman–Crippen MR) is 91.8 cm³/mol. The molecular weight excluding hydrogens is 326 g/mol. The molecule has 0 bridgehead atoms. The fraction of sp³-hybridized carbons (Fsp3) is 0.500. The zero-order chi connectivity index (χ0) is 16.8. The predicted octanol–water partition coefficient (Wildman–Crippen LogP) is 1.92. The molecule has 8 heteroatoms. The lowest BCUT2D eigenvalue weighted by Crippen LogP contribution is -2.27. The maximum atomic E-state index is 11.9. The number of thioether (sulfide) groups is 1. The first-order chi connectivity index (χ1) is 11.8. The maximum absolute atomic E-state index is 11.9. The Bertz CT molecular complexity index is 672. The molecule has 1 N–H and O–H groups in total. The van der Waals surface area contributed by atoms with Crippen molar-refractivity contribution in [2.45, 2.75) is 30.5 Å². The number of hydrogen-bond acceptors (Lipinski definition) is 6. The molecule has 1 aliphatic rings. The van der Waals surface area contributed by atoms with Crippen LogP contribution in [0.25, 0.3) is 11.4 Å². The molecule has 2 aromatic heterocycles. The fourth-order valence-electron chi connectivity index (χ4n) is 2.36. The van der Waals surface area contributed by atoms with Gasteiger partial charge in [0.05, 0.1) is 5.75 Å². The highest BCUT2D eigenvalue weighted by Crippen LogP contribution is 2.40. The lowest BCUT2D eigenvalue weighted by Gasteiger charge is -2.09. The SMILES string of the molecule is COCCCNC(=O)CSc1nnc(-c2ccncc2)n1C1CC1. The Morgan fingerprint density at radius 2 is 2.17 bits per heavy atom. The Balaban J connectivity index is 1.62. The number of nitrogens with one attached hydrogen (secondary N) is 1. The highest BCUT2D eigenvalue weighted by atomic mass is 32.2. The minimum Gasteiger partial charge on any atom is -0.385 e. The molecule has 24 heavy (non-hydrogen) atoms. The number of nitrogens with zero attached hydrogens (tertiary/aromatic N) is 4. The third-order valence-corrected chi connectivity index (χ3v) is 4.64. The van der Waals surface area contributed by atoms with E-state index in [4.69, 9.17) is 4.74 Å². The van der Waals surface area contributed by atoms with Gasteiger partial charge in [-0.05, 0) is 31.4 Å². The van der Waals surface area contributed by atoms with Crippen LogP contribution in [0.1, 0.15) is 25.3 Å². The molecule has 7 nitrogen and oxygen atoms in total. The van der Waals surface area contributed by atoms with E-state index < -0.39 is 0 Å². The number of pyridine rings is 1. The minimum absolute atomic E-state index is 0.00640. The number of carbonyl (C=O) groups excluding carboxylic acids is 1. The molecule has 2 aromatic rings. The summed E-state index contributed by atoms with van der Waals surface area (Å²) in [6.07, 6.45) is 6.58. The molecule has 1 fully saturated rings. The molecular formula is C16H21N5O2S. The third-order valence-electron chi connectivity index (χ3n) is 3.69. The van der Waals surface area contributed by atoms with Crippen LogP contribution in [0.4, 0.5) is 0 Å². The van der Waals surface area contributed by atoms with E-state index >= 15 is 0 Å². The number of ether oxygens (including phenoxy) is 1. The molecule has 128 valence electrons. The van der Waals surface area contributed by atoms with E-state index in [1.165, 1.54) is 11.8 Å². The van der Waals surface area contributed by atoms with Crippen molar-refractivity contribution in [1.82, 2.24) is 25.1 Å². The van der Waals surface area contributed by atoms with Gasteiger partial charge in [0.25, 0.3) is 0 Å². The fourth-order valence-corrected chi connectivity index (χ4v) is 3.20. The van der Waals surface area contributed by atoms with Crippen LogP contribution in [0, 0.1) is 0 Å². The summed E-state index contributed by atoms with van der Waals surface area (Å²) in [6.45, 7) is 1.28. The first-order valence-corrected chi connectivity index (χ1v) is 9.02. The summed E-state index contributed by atoms with van der Waals surface area (Å²) in [5, 5.41) is 12.3. The van der Waals surface area contributed by atoms with E-state index in [2.05, 4.69) is 25.1 Å². The Labute approximate surface area is 145 Å². The average Bonchev–Trinajstić information content (AvgIpc) is 3.37. The van der Waals surface area contributed by atoms with Crippen molar-refractivity contribution in [1.29, 1.82) is 0 Å². The highest BCUT2D eigenvalue weighted by molar-refractivity contribution is 7.99. The molecule has 0 atom stereocenters. The standard InChI is InChI=1S/C16H21N5O2S/c1-23-10-2-7-18-14(22)11-24-16-20-19-15(21(16)13-3-4-13)12-5-8-17-9-6-12/h5-6,8-9,13H,2-4,7,10-11H2,1H3,(H,18,22). The van der Waals surface area contributed by atoms with Crippen molar-refractivity contribution in [2.75, 3.05) is 26.0 Å². The van der Waals surface area contributed by atoms with Crippen LogP contribution in [0.3, 0.4) is 0 Å². The van der Waals surface area contributed by atoms with Gasteiger partial charge in [0.1, 0.15) is 0 Å². The molecule has 1 saturated carbocycles. The van der Waals surface area contributed by atoms with Gasteiger partial charge >= 0.3 is 0 Å². The largest absolute Gasteiger partial charge is 0.385 e. The van der Waals surface area contributed by atoms with Gasteiger partial charge < -0.3 is 10.1 Å². The minimum atomic E-state index is 0.00640. The number of rotatable bonds is 9. The van der Waals surface area contributed by atoms with Gasteiger partial charge in [0.2, 0.25) is 5.91 Å². The lowest BCUT2D eigenvalue weighted by atomic mass is 10.2. The maximum Gasteiger partial charge on any atom is 0.230 e. The van der Waals surface area contributed by atoms with E-state index in [1.807, 2.05) is 12.1 Å². The van der Waals surface area contributed by atoms with E-state index in [0.29, 0.717) is 24.9 Å². The molecule has 0 radical (unpaired) electrons. The summed E-state index contributed by atoms with van der Waals surface area (Å²) >= 11 is 1.43. The van der Waals surface area contributed by atoms with Gasteiger partial charge in [-0.3, -0.25) is 14.3 Å². The van der Waals surface area contributed by atoms with Crippen molar-refractivity contribution >= 4 is 17.7 Å². The van der Waals surface area contributed by atoms with Crippen molar-refractivity contribution in [2.24, 2.45) is 0 Å². The Morgan fingerprint density at radius 3 is 2.88 bits per heavy atom. The van der Waals surface area contributed by atoms with Gasteiger partial charge in [0, 0.05) is 44.3 Å². The zero-order valence-corrected chi connectivity index (χ0v) is 14.5. The van der Waals surface area contributed by atoms with E-state index in [-0.39, 0.29) is 5.91 Å². The Hall–Kier alpha value is -1.93. The summed E-state index contributed by atoms with van der Waals surface area (Å²) in [4.78, 5) is 16.0. The monoisotopic (exact) mass is 347 g/mol. The van der Waals surface area contributed by atoms with Crippen LogP contribution in [0.5, 0.6) is 0 Å². The highest BCUT2D eigenvalue weighted by Gasteiger charge is 2.30. The average molecular weight is 347 g/mol. The summed E-state index contributed by atoms with van der Waals surface area (Å²) in [5.41, 5.74) is 1.00. The summed E-state index contributed by atoms with van der Waals surface area (Å²) < 4.78 is 7.12.